The average molecular weight is 948 g/mol. The minimum atomic E-state index is -1.45. The highest BCUT2D eigenvalue weighted by Crippen LogP contribution is 2.57. The molecular weight excluding hydrogens is 911 g/mol. The fraction of sp³-hybridized carbons (Fsp3) is 0.325. The van der Waals surface area contributed by atoms with Gasteiger partial charge in [0.15, 0.2) is 15.8 Å². The van der Waals surface area contributed by atoms with Crippen LogP contribution in [0.15, 0.2) is 83.3 Å². The minimum Gasteiger partial charge on any atom is -0.459 e. The molecular formula is C40H37N9O15S2. The number of oxime groups is 1. The SMILES string of the molecule is CC1(C)SC2(NC(=O)/C(=N\O[C@H]3C[C@@H](C(=O)OCc4ccc([N+](=O)[O-])cc4)N(C(=O)OCc4ccc([N+](=O)[O-])cc4)C3)c3csc(N)n3)CC(=O)N2[C@H]1C(=O)OCc1ccc([N+](=O)[O-])cc1. The molecule has 4 aromatic rings. The molecule has 3 aromatic carbocycles. The summed E-state index contributed by atoms with van der Waals surface area (Å²) in [7, 11) is 0. The number of rotatable bonds is 16. The Bertz CT molecular complexity index is 2550. The van der Waals surface area contributed by atoms with Gasteiger partial charge >= 0.3 is 18.0 Å². The van der Waals surface area contributed by atoms with Crippen LogP contribution >= 0.6 is 23.1 Å². The Morgan fingerprint density at radius 3 is 1.79 bits per heavy atom. The number of nitro groups is 3. The van der Waals surface area contributed by atoms with Crippen molar-refractivity contribution in [2.24, 2.45) is 5.16 Å². The summed E-state index contributed by atoms with van der Waals surface area (Å²) < 4.78 is 15.5. The summed E-state index contributed by atoms with van der Waals surface area (Å²) in [6.45, 7) is 2.20. The van der Waals surface area contributed by atoms with Gasteiger partial charge in [0, 0.05) is 52.9 Å². The van der Waals surface area contributed by atoms with Crippen molar-refractivity contribution in [2.45, 2.75) is 74.4 Å². The second-order valence-corrected chi connectivity index (χ2v) is 18.3. The van der Waals surface area contributed by atoms with E-state index in [9.17, 15) is 54.3 Å². The van der Waals surface area contributed by atoms with Crippen LogP contribution < -0.4 is 11.1 Å². The van der Waals surface area contributed by atoms with E-state index in [-0.39, 0.29) is 67.1 Å². The molecule has 0 spiro atoms. The molecule has 0 radical (unpaired) electrons. The molecule has 3 aliphatic heterocycles. The van der Waals surface area contributed by atoms with Crippen LogP contribution in [0.5, 0.6) is 0 Å². The number of hydrogen-bond acceptors (Lipinski definition) is 20. The van der Waals surface area contributed by atoms with Crippen LogP contribution in [0.3, 0.4) is 0 Å². The van der Waals surface area contributed by atoms with Crippen LogP contribution in [0.25, 0.3) is 0 Å². The van der Waals surface area contributed by atoms with Crippen molar-refractivity contribution in [2.75, 3.05) is 12.3 Å². The Kier molecular flexibility index (Phi) is 13.2. The van der Waals surface area contributed by atoms with E-state index in [0.717, 1.165) is 28.0 Å². The van der Waals surface area contributed by atoms with Crippen molar-refractivity contribution in [1.29, 1.82) is 0 Å². The highest BCUT2D eigenvalue weighted by Gasteiger charge is 2.69. The molecule has 1 aromatic heterocycles. The van der Waals surface area contributed by atoms with E-state index in [1.807, 2.05) is 0 Å². The molecule has 0 aliphatic carbocycles. The van der Waals surface area contributed by atoms with Gasteiger partial charge in [-0.15, -0.1) is 23.1 Å². The van der Waals surface area contributed by atoms with Crippen LogP contribution in [0, 0.1) is 30.3 Å². The molecule has 3 N–H and O–H groups in total. The molecule has 0 saturated carbocycles. The second-order valence-electron chi connectivity index (χ2n) is 15.5. The number of likely N-dealkylation sites (tertiary alicyclic amines) is 1. The van der Waals surface area contributed by atoms with Gasteiger partial charge in [-0.1, -0.05) is 5.16 Å². The number of β-lactam (4-membered cyclic amide) rings is 1. The summed E-state index contributed by atoms with van der Waals surface area (Å²) in [5, 5.41) is 41.7. The van der Waals surface area contributed by atoms with E-state index in [2.05, 4.69) is 15.5 Å². The van der Waals surface area contributed by atoms with E-state index < -0.39 is 78.3 Å². The fourth-order valence-electron chi connectivity index (χ4n) is 7.36. The number of fused-ring (bicyclic) bond motifs is 1. The molecule has 3 saturated heterocycles. The molecule has 1 unspecified atom stereocenters. The number of carbonyl (C=O) groups excluding carboxylic acids is 5. The van der Waals surface area contributed by atoms with Crippen LogP contribution in [0.1, 0.15) is 49.1 Å². The first-order chi connectivity index (χ1) is 31.3. The fourth-order valence-corrected chi connectivity index (χ4v) is 9.74. The van der Waals surface area contributed by atoms with Crippen molar-refractivity contribution in [3.8, 4) is 0 Å². The molecule has 24 nitrogen and oxygen atoms in total. The highest BCUT2D eigenvalue weighted by atomic mass is 32.2. The third-order valence-corrected chi connectivity index (χ3v) is 12.7. The number of nitro benzene ring substituents is 3. The number of nitrogens with one attached hydrogen (secondary N) is 1. The van der Waals surface area contributed by atoms with Gasteiger partial charge in [0.2, 0.25) is 5.91 Å². The minimum absolute atomic E-state index is 0.0265. The summed E-state index contributed by atoms with van der Waals surface area (Å²) in [4.78, 5) is 110. The first-order valence-electron chi connectivity index (χ1n) is 19.6. The number of amides is 3. The summed E-state index contributed by atoms with van der Waals surface area (Å²) in [6.07, 6.45) is -2.48. The van der Waals surface area contributed by atoms with E-state index in [0.29, 0.717) is 16.7 Å². The second kappa shape index (κ2) is 18.8. The predicted molar refractivity (Wildman–Crippen MR) is 230 cm³/mol. The lowest BCUT2D eigenvalue weighted by atomic mass is 9.96. The van der Waals surface area contributed by atoms with Gasteiger partial charge in [0.05, 0.1) is 27.7 Å². The summed E-state index contributed by atoms with van der Waals surface area (Å²) in [5.41, 5.74) is 6.25. The Morgan fingerprint density at radius 1 is 0.818 bits per heavy atom. The number of carbonyl (C=O) groups is 5. The van der Waals surface area contributed by atoms with Crippen LogP contribution in [-0.2, 0) is 58.0 Å². The number of thiazole rings is 1. The molecule has 3 amide bonds. The Hall–Kier alpha value is -7.74. The largest absolute Gasteiger partial charge is 0.459 e. The van der Waals surface area contributed by atoms with E-state index in [1.165, 1.54) is 83.1 Å². The lowest BCUT2D eigenvalue weighted by molar-refractivity contribution is -0.385. The normalized spacial score (nSPS) is 20.7. The van der Waals surface area contributed by atoms with E-state index >= 15 is 0 Å². The zero-order valence-corrected chi connectivity index (χ0v) is 36.3. The molecule has 7 rings (SSSR count). The first-order valence-corrected chi connectivity index (χ1v) is 21.3. The average Bonchev–Trinajstić information content (AvgIpc) is 3.96. The number of hydrogen-bond donors (Lipinski definition) is 2. The van der Waals surface area contributed by atoms with Crippen molar-refractivity contribution in [3.05, 3.63) is 131 Å². The molecule has 26 heteroatoms. The Labute approximate surface area is 380 Å². The van der Waals surface area contributed by atoms with Crippen molar-refractivity contribution in [1.82, 2.24) is 20.1 Å². The summed E-state index contributed by atoms with van der Waals surface area (Å²) in [6, 6.07) is 13.4. The number of thioether (sulfide) groups is 1. The first kappa shape index (κ1) is 46.3. The molecule has 4 atom stereocenters. The number of nitrogen functional groups attached to an aromatic ring is 1. The summed E-state index contributed by atoms with van der Waals surface area (Å²) in [5.74, 6) is -3.03. The Balaban J connectivity index is 1.07. The smallest absolute Gasteiger partial charge is 0.410 e. The quantitative estimate of drug-likeness (QED) is 0.0394. The number of non-ortho nitro benzene ring substituents is 3. The number of aromatic nitrogens is 1. The topological polar surface area (TPSA) is 321 Å². The number of nitrogens with zero attached hydrogens (tertiary/aromatic N) is 7. The zero-order valence-electron chi connectivity index (χ0n) is 34.6. The van der Waals surface area contributed by atoms with Gasteiger partial charge in [-0.3, -0.25) is 49.7 Å². The van der Waals surface area contributed by atoms with Crippen LogP contribution in [0.2, 0.25) is 0 Å². The van der Waals surface area contributed by atoms with Crippen LogP contribution in [-0.4, -0.2) is 99.6 Å². The molecule has 3 fully saturated rings. The number of nitrogens with two attached hydrogens (primary N) is 1. The van der Waals surface area contributed by atoms with Gasteiger partial charge in [0.25, 0.3) is 23.0 Å². The lowest BCUT2D eigenvalue weighted by Crippen LogP contribution is -2.71. The van der Waals surface area contributed by atoms with Gasteiger partial charge in [-0.2, -0.15) is 0 Å². The predicted octanol–water partition coefficient (Wildman–Crippen LogP) is 4.33. The van der Waals surface area contributed by atoms with Gasteiger partial charge in [-0.25, -0.2) is 19.4 Å². The van der Waals surface area contributed by atoms with Crippen molar-refractivity contribution < 1.29 is 57.8 Å². The Morgan fingerprint density at radius 2 is 1.32 bits per heavy atom. The molecule has 3 aliphatic rings. The van der Waals surface area contributed by atoms with E-state index in [1.54, 1.807) is 13.8 Å². The third-order valence-electron chi connectivity index (χ3n) is 10.5. The lowest BCUT2D eigenvalue weighted by Gasteiger charge is -2.47. The molecule has 66 heavy (non-hydrogen) atoms. The maximum atomic E-state index is 14.2. The van der Waals surface area contributed by atoms with Gasteiger partial charge < -0.3 is 30.1 Å². The van der Waals surface area contributed by atoms with Crippen molar-refractivity contribution in [3.63, 3.8) is 0 Å². The third kappa shape index (κ3) is 9.97. The maximum Gasteiger partial charge on any atom is 0.410 e. The highest BCUT2D eigenvalue weighted by molar-refractivity contribution is 8.02. The number of ether oxygens (including phenoxy) is 3. The molecule has 4 heterocycles. The standard InChI is InChI=1S/C40H37N9O15S2/c1-39(2)33(36(53)62-19-23-5-11-26(12-6-23)48(57)58)46-31(50)16-40(46,66-39)43-34(51)32(29-21-65-37(41)42-29)44-64-28-15-30(35(52)61-18-22-3-9-25(10-4-22)47(55)56)45(17-28)38(54)63-20-24-7-13-27(14-8-24)49(59)60/h3-14,21,28,30,33H,15-20H2,1-2H3,(H2,41,42)(H,43,51)/b44-32-/t28-,30-,33-,40?/m0/s1. The summed E-state index contributed by atoms with van der Waals surface area (Å²) >= 11 is 2.11. The van der Waals surface area contributed by atoms with Gasteiger partial charge in [0.1, 0.15) is 43.7 Å². The van der Waals surface area contributed by atoms with Gasteiger partial charge in [-0.05, 0) is 66.9 Å². The van der Waals surface area contributed by atoms with Crippen molar-refractivity contribution >= 4 is 80.9 Å². The maximum absolute atomic E-state index is 14.2. The van der Waals surface area contributed by atoms with Crippen LogP contribution in [0.4, 0.5) is 27.0 Å². The molecule has 0 bridgehead atoms. The number of benzene rings is 3. The number of anilines is 1. The monoisotopic (exact) mass is 947 g/mol. The zero-order chi connectivity index (χ0) is 47.5. The van der Waals surface area contributed by atoms with E-state index in [4.69, 9.17) is 24.8 Å². The number of esters is 2. The molecule has 344 valence electrons.